The molecule has 0 saturated carbocycles. The van der Waals surface area contributed by atoms with E-state index in [0.29, 0.717) is 17.4 Å². The van der Waals surface area contributed by atoms with Crippen LogP contribution in [0.2, 0.25) is 5.02 Å². The number of aromatic nitrogens is 3. The average Bonchev–Trinajstić information content (AvgIpc) is 2.72. The minimum Gasteiger partial charge on any atom is -0.296 e. The molecule has 108 valence electrons. The van der Waals surface area contributed by atoms with E-state index in [2.05, 4.69) is 10.2 Å². The second-order valence-corrected chi connectivity index (χ2v) is 6.75. The van der Waals surface area contributed by atoms with Gasteiger partial charge in [0.25, 0.3) is 15.2 Å². The van der Waals surface area contributed by atoms with E-state index in [-0.39, 0.29) is 11.1 Å². The van der Waals surface area contributed by atoms with Crippen molar-refractivity contribution in [2.75, 3.05) is 0 Å². The SMILES string of the molecule is CC(C)Cn1c(-c2ccc(Cl)cc2)nnc1S(N)(=O)=O. The molecule has 0 unspecified atom stereocenters. The summed E-state index contributed by atoms with van der Waals surface area (Å²) in [6.45, 7) is 4.40. The van der Waals surface area contributed by atoms with E-state index in [1.807, 2.05) is 13.8 Å². The third-order valence-electron chi connectivity index (χ3n) is 2.62. The quantitative estimate of drug-likeness (QED) is 0.933. The molecule has 0 amide bonds. The van der Waals surface area contributed by atoms with Crippen LogP contribution in [0.1, 0.15) is 13.8 Å². The van der Waals surface area contributed by atoms with Crippen LogP contribution in [0.4, 0.5) is 0 Å². The summed E-state index contributed by atoms with van der Waals surface area (Å²) in [6, 6.07) is 6.94. The summed E-state index contributed by atoms with van der Waals surface area (Å²) in [7, 11) is -3.91. The maximum absolute atomic E-state index is 11.6. The summed E-state index contributed by atoms with van der Waals surface area (Å²) in [5, 5.41) is 13.2. The number of hydrogen-bond acceptors (Lipinski definition) is 4. The summed E-state index contributed by atoms with van der Waals surface area (Å²) in [5.74, 6) is 0.678. The molecule has 20 heavy (non-hydrogen) atoms. The molecule has 2 N–H and O–H groups in total. The lowest BCUT2D eigenvalue weighted by Gasteiger charge is -2.11. The van der Waals surface area contributed by atoms with E-state index >= 15 is 0 Å². The van der Waals surface area contributed by atoms with Crippen LogP contribution in [-0.2, 0) is 16.6 Å². The molecule has 0 aliphatic rings. The molecule has 0 bridgehead atoms. The maximum atomic E-state index is 11.6. The third kappa shape index (κ3) is 3.17. The van der Waals surface area contributed by atoms with E-state index in [1.54, 1.807) is 24.3 Å². The predicted molar refractivity (Wildman–Crippen MR) is 76.7 cm³/mol. The Kier molecular flexibility index (Phi) is 4.12. The van der Waals surface area contributed by atoms with Gasteiger partial charge in [-0.25, -0.2) is 13.6 Å². The van der Waals surface area contributed by atoms with Gasteiger partial charge in [-0.2, -0.15) is 0 Å². The maximum Gasteiger partial charge on any atom is 0.273 e. The molecule has 8 heteroatoms. The topological polar surface area (TPSA) is 90.9 Å². The molecule has 2 rings (SSSR count). The van der Waals surface area contributed by atoms with Gasteiger partial charge >= 0.3 is 0 Å². The van der Waals surface area contributed by atoms with E-state index in [9.17, 15) is 8.42 Å². The molecule has 0 fully saturated rings. The van der Waals surface area contributed by atoms with Crippen molar-refractivity contribution in [1.29, 1.82) is 0 Å². The number of hydrogen-bond donors (Lipinski definition) is 1. The molecule has 0 radical (unpaired) electrons. The van der Waals surface area contributed by atoms with Crippen LogP contribution in [0.5, 0.6) is 0 Å². The molecule has 0 saturated heterocycles. The fourth-order valence-electron chi connectivity index (χ4n) is 1.84. The first-order chi connectivity index (χ1) is 9.29. The lowest BCUT2D eigenvalue weighted by molar-refractivity contribution is 0.486. The second kappa shape index (κ2) is 5.51. The van der Waals surface area contributed by atoms with Gasteiger partial charge in [-0.1, -0.05) is 25.4 Å². The van der Waals surface area contributed by atoms with Gasteiger partial charge in [0.2, 0.25) is 0 Å². The van der Waals surface area contributed by atoms with E-state index in [4.69, 9.17) is 16.7 Å². The first kappa shape index (κ1) is 15.0. The normalized spacial score (nSPS) is 12.1. The van der Waals surface area contributed by atoms with Gasteiger partial charge < -0.3 is 0 Å². The van der Waals surface area contributed by atoms with Crippen LogP contribution in [0, 0.1) is 5.92 Å². The minimum atomic E-state index is -3.91. The summed E-state index contributed by atoms with van der Waals surface area (Å²) in [6.07, 6.45) is 0. The Morgan fingerprint density at radius 1 is 1.25 bits per heavy atom. The van der Waals surface area contributed by atoms with Crippen LogP contribution in [0.25, 0.3) is 11.4 Å². The number of rotatable bonds is 4. The third-order valence-corrected chi connectivity index (χ3v) is 3.68. The number of primary sulfonamides is 1. The molecule has 6 nitrogen and oxygen atoms in total. The largest absolute Gasteiger partial charge is 0.296 e. The Morgan fingerprint density at radius 2 is 1.85 bits per heavy atom. The number of nitrogens with two attached hydrogens (primary N) is 1. The Balaban J connectivity index is 2.59. The minimum absolute atomic E-state index is 0.220. The van der Waals surface area contributed by atoms with Crippen LogP contribution < -0.4 is 5.14 Å². The molecule has 0 aliphatic carbocycles. The number of halogens is 1. The van der Waals surface area contributed by atoms with E-state index < -0.39 is 10.0 Å². The molecular formula is C12H15ClN4O2S. The Labute approximate surface area is 122 Å². The van der Waals surface area contributed by atoms with Gasteiger partial charge in [-0.05, 0) is 30.2 Å². The molecule has 0 spiro atoms. The highest BCUT2D eigenvalue weighted by Gasteiger charge is 2.22. The van der Waals surface area contributed by atoms with E-state index in [0.717, 1.165) is 5.56 Å². The highest BCUT2D eigenvalue weighted by molar-refractivity contribution is 7.89. The standard InChI is InChI=1S/C12H15ClN4O2S/c1-8(2)7-17-11(9-3-5-10(13)6-4-9)15-16-12(17)20(14,18)19/h3-6,8H,7H2,1-2H3,(H2,14,18,19). The Bertz CT molecular complexity index is 708. The molecule has 0 aliphatic heterocycles. The van der Waals surface area contributed by atoms with Crippen LogP contribution in [0.3, 0.4) is 0 Å². The first-order valence-corrected chi connectivity index (χ1v) is 7.93. The van der Waals surface area contributed by atoms with Gasteiger partial charge in [-0.3, -0.25) is 4.57 Å². The van der Waals surface area contributed by atoms with Gasteiger partial charge in [0.05, 0.1) is 0 Å². The van der Waals surface area contributed by atoms with Crippen LogP contribution in [-0.4, -0.2) is 23.2 Å². The van der Waals surface area contributed by atoms with Gasteiger partial charge in [0.15, 0.2) is 5.82 Å². The van der Waals surface area contributed by atoms with Crippen LogP contribution in [0.15, 0.2) is 29.4 Å². The van der Waals surface area contributed by atoms with Crippen molar-refractivity contribution < 1.29 is 8.42 Å². The zero-order valence-electron chi connectivity index (χ0n) is 11.1. The highest BCUT2D eigenvalue weighted by atomic mass is 35.5. The van der Waals surface area contributed by atoms with E-state index in [1.165, 1.54) is 4.57 Å². The molecule has 1 aromatic heterocycles. The fourth-order valence-corrected chi connectivity index (χ4v) is 2.59. The van der Waals surface area contributed by atoms with Gasteiger partial charge in [0, 0.05) is 17.1 Å². The lowest BCUT2D eigenvalue weighted by atomic mass is 10.2. The van der Waals surface area contributed by atoms with Crippen molar-refractivity contribution in [2.24, 2.45) is 11.1 Å². The number of sulfonamides is 1. The van der Waals surface area contributed by atoms with Gasteiger partial charge in [-0.15, -0.1) is 10.2 Å². The molecule has 1 aromatic carbocycles. The summed E-state index contributed by atoms with van der Waals surface area (Å²) in [5.41, 5.74) is 0.734. The number of nitrogens with zero attached hydrogens (tertiary/aromatic N) is 3. The van der Waals surface area contributed by atoms with Gasteiger partial charge in [0.1, 0.15) is 0 Å². The summed E-state index contributed by atoms with van der Waals surface area (Å²) in [4.78, 5) is 0. The van der Waals surface area contributed by atoms with Crippen LogP contribution >= 0.6 is 11.6 Å². The highest BCUT2D eigenvalue weighted by Crippen LogP contribution is 2.23. The molecule has 2 aromatic rings. The zero-order chi connectivity index (χ0) is 14.9. The zero-order valence-corrected chi connectivity index (χ0v) is 12.7. The predicted octanol–water partition coefficient (Wildman–Crippen LogP) is 1.90. The summed E-state index contributed by atoms with van der Waals surface area (Å²) >= 11 is 5.84. The average molecular weight is 315 g/mol. The van der Waals surface area contributed by atoms with Crippen molar-refractivity contribution in [2.45, 2.75) is 25.5 Å². The van der Waals surface area contributed by atoms with Crippen molar-refractivity contribution >= 4 is 21.6 Å². The lowest BCUT2D eigenvalue weighted by Crippen LogP contribution is -2.20. The smallest absolute Gasteiger partial charge is 0.273 e. The van der Waals surface area contributed by atoms with Crippen molar-refractivity contribution in [3.63, 3.8) is 0 Å². The first-order valence-electron chi connectivity index (χ1n) is 6.01. The van der Waals surface area contributed by atoms with Crippen molar-refractivity contribution in [1.82, 2.24) is 14.8 Å². The Morgan fingerprint density at radius 3 is 2.35 bits per heavy atom. The van der Waals surface area contributed by atoms with Crippen molar-refractivity contribution in [3.05, 3.63) is 29.3 Å². The summed E-state index contributed by atoms with van der Waals surface area (Å²) < 4.78 is 24.7. The molecular weight excluding hydrogens is 300 g/mol. The number of benzene rings is 1. The fraction of sp³-hybridized carbons (Fsp3) is 0.333. The Hall–Kier alpha value is -1.44. The molecule has 1 heterocycles. The second-order valence-electron chi connectivity index (χ2n) is 4.86. The monoisotopic (exact) mass is 314 g/mol. The molecule has 0 atom stereocenters. The van der Waals surface area contributed by atoms with Crippen molar-refractivity contribution in [3.8, 4) is 11.4 Å².